The lowest BCUT2D eigenvalue weighted by Crippen LogP contribution is -2.17. The third-order valence-electron chi connectivity index (χ3n) is 3.56. The van der Waals surface area contributed by atoms with Gasteiger partial charge < -0.3 is 10.1 Å². The molecule has 2 rings (SSSR count). The topological polar surface area (TPSA) is 72.5 Å². The molecule has 148 valence electrons. The highest BCUT2D eigenvalue weighted by molar-refractivity contribution is 5.98. The van der Waals surface area contributed by atoms with E-state index in [0.29, 0.717) is 0 Å². The summed E-state index contributed by atoms with van der Waals surface area (Å²) in [6.07, 6.45) is -5.23. The molecule has 0 bridgehead atoms. The van der Waals surface area contributed by atoms with Gasteiger partial charge in [0, 0.05) is 17.7 Å². The molecule has 2 aromatic rings. The van der Waals surface area contributed by atoms with E-state index in [1.54, 1.807) is 0 Å². The van der Waals surface area contributed by atoms with E-state index in [1.807, 2.05) is 0 Å². The maximum absolute atomic E-state index is 12.8. The number of nitrogens with one attached hydrogen (secondary N) is 1. The van der Waals surface area contributed by atoms with Crippen LogP contribution in [0.4, 0.5) is 23.2 Å². The van der Waals surface area contributed by atoms with Gasteiger partial charge in [-0.05, 0) is 42.5 Å². The average Bonchev–Trinajstić information content (AvgIpc) is 2.64. The van der Waals surface area contributed by atoms with Crippen molar-refractivity contribution in [3.8, 4) is 0 Å². The maximum atomic E-state index is 12.8. The number of benzene rings is 2. The molecule has 0 fully saturated rings. The van der Waals surface area contributed by atoms with Crippen LogP contribution in [0.1, 0.15) is 28.8 Å². The van der Waals surface area contributed by atoms with Gasteiger partial charge in [-0.1, -0.05) is 6.07 Å². The monoisotopic (exact) mass is 397 g/mol. The summed E-state index contributed by atoms with van der Waals surface area (Å²) in [7, 11) is 0. The van der Waals surface area contributed by atoms with E-state index < -0.39 is 41.8 Å². The molecule has 0 aliphatic heterocycles. The fraction of sp³-hybridized carbons (Fsp3) is 0.211. The van der Waals surface area contributed by atoms with Gasteiger partial charge in [0.2, 0.25) is 5.91 Å². The SMILES string of the molecule is O=C(CCC(=O)OCC(=O)c1ccc(F)cc1)Nc1cccc(C(F)(F)F)c1. The fourth-order valence-electron chi connectivity index (χ4n) is 2.15. The standard InChI is InChI=1S/C19H15F4NO4/c20-14-6-4-12(5-7-14)16(25)11-28-18(27)9-8-17(26)24-15-3-1-2-13(10-15)19(21,22)23/h1-7,10H,8-9,11H2,(H,24,26). The minimum atomic E-state index is -4.54. The van der Waals surface area contributed by atoms with Gasteiger partial charge in [0.1, 0.15) is 5.82 Å². The zero-order valence-corrected chi connectivity index (χ0v) is 14.4. The molecule has 9 heteroatoms. The molecular formula is C19H15F4NO4. The number of ether oxygens (including phenoxy) is 1. The van der Waals surface area contributed by atoms with Crippen molar-refractivity contribution in [1.29, 1.82) is 0 Å². The lowest BCUT2D eigenvalue weighted by Gasteiger charge is -2.10. The molecule has 5 nitrogen and oxygen atoms in total. The molecule has 1 amide bonds. The smallest absolute Gasteiger partial charge is 0.416 e. The number of carbonyl (C=O) groups is 3. The van der Waals surface area contributed by atoms with E-state index in [1.165, 1.54) is 18.2 Å². The number of esters is 1. The predicted molar refractivity (Wildman–Crippen MR) is 91.0 cm³/mol. The van der Waals surface area contributed by atoms with E-state index in [4.69, 9.17) is 4.74 Å². The highest BCUT2D eigenvalue weighted by atomic mass is 19.4. The van der Waals surface area contributed by atoms with Crippen LogP contribution in [0, 0.1) is 5.82 Å². The molecule has 1 N–H and O–H groups in total. The van der Waals surface area contributed by atoms with Crippen LogP contribution in [0.3, 0.4) is 0 Å². The van der Waals surface area contributed by atoms with E-state index in [9.17, 15) is 31.9 Å². The number of alkyl halides is 3. The number of carbonyl (C=O) groups excluding carboxylic acids is 3. The van der Waals surface area contributed by atoms with Crippen LogP contribution < -0.4 is 5.32 Å². The summed E-state index contributed by atoms with van der Waals surface area (Å²) in [5.74, 6) is -2.56. The number of Topliss-reactive ketones (excluding diaryl/α,β-unsaturated/α-hetero) is 1. The van der Waals surface area contributed by atoms with Crippen molar-refractivity contribution < 1.29 is 36.7 Å². The highest BCUT2D eigenvalue weighted by Crippen LogP contribution is 2.30. The second kappa shape index (κ2) is 9.12. The molecule has 0 heterocycles. The Balaban J connectivity index is 1.77. The number of hydrogen-bond donors (Lipinski definition) is 1. The summed E-state index contributed by atoms with van der Waals surface area (Å²) in [6, 6.07) is 8.74. The van der Waals surface area contributed by atoms with Crippen LogP contribution in [0.25, 0.3) is 0 Å². The quantitative estimate of drug-likeness (QED) is 0.436. The Bertz CT molecular complexity index is 863. The van der Waals surface area contributed by atoms with E-state index in [0.717, 1.165) is 30.3 Å². The highest BCUT2D eigenvalue weighted by Gasteiger charge is 2.30. The van der Waals surface area contributed by atoms with Crippen LogP contribution >= 0.6 is 0 Å². The van der Waals surface area contributed by atoms with Gasteiger partial charge in [-0.2, -0.15) is 13.2 Å². The molecule has 0 aliphatic rings. The first-order valence-corrected chi connectivity index (χ1v) is 8.06. The van der Waals surface area contributed by atoms with E-state index in [-0.39, 0.29) is 24.1 Å². The van der Waals surface area contributed by atoms with Gasteiger partial charge in [-0.15, -0.1) is 0 Å². The summed E-state index contributed by atoms with van der Waals surface area (Å²) >= 11 is 0. The van der Waals surface area contributed by atoms with Gasteiger partial charge in [-0.25, -0.2) is 4.39 Å². The molecule has 2 aromatic carbocycles. The summed E-state index contributed by atoms with van der Waals surface area (Å²) in [5, 5.41) is 2.26. The van der Waals surface area contributed by atoms with Crippen molar-refractivity contribution in [1.82, 2.24) is 0 Å². The van der Waals surface area contributed by atoms with Gasteiger partial charge in [0.15, 0.2) is 12.4 Å². The second-order valence-corrected chi connectivity index (χ2v) is 5.72. The molecule has 0 saturated heterocycles. The summed E-state index contributed by atoms with van der Waals surface area (Å²) < 4.78 is 55.4. The minimum absolute atomic E-state index is 0.0559. The minimum Gasteiger partial charge on any atom is -0.457 e. The van der Waals surface area contributed by atoms with Crippen LogP contribution in [0.15, 0.2) is 48.5 Å². The Morgan fingerprint density at radius 2 is 1.64 bits per heavy atom. The van der Waals surface area contributed by atoms with E-state index >= 15 is 0 Å². The predicted octanol–water partition coefficient (Wildman–Crippen LogP) is 3.99. The van der Waals surface area contributed by atoms with Crippen LogP contribution in [0.5, 0.6) is 0 Å². The van der Waals surface area contributed by atoms with Crippen molar-refractivity contribution in [2.75, 3.05) is 11.9 Å². The number of halogens is 4. The first-order chi connectivity index (χ1) is 13.1. The largest absolute Gasteiger partial charge is 0.457 e. The van der Waals surface area contributed by atoms with Crippen molar-refractivity contribution in [3.05, 3.63) is 65.5 Å². The molecule has 0 aromatic heterocycles. The third-order valence-corrected chi connectivity index (χ3v) is 3.56. The molecule has 0 atom stereocenters. The maximum Gasteiger partial charge on any atom is 0.416 e. The average molecular weight is 397 g/mol. The molecular weight excluding hydrogens is 382 g/mol. The zero-order valence-electron chi connectivity index (χ0n) is 14.4. The number of hydrogen-bond acceptors (Lipinski definition) is 4. The van der Waals surface area contributed by atoms with Gasteiger partial charge in [0.25, 0.3) is 0 Å². The van der Waals surface area contributed by atoms with Gasteiger partial charge in [0.05, 0.1) is 12.0 Å². The fourth-order valence-corrected chi connectivity index (χ4v) is 2.15. The normalized spacial score (nSPS) is 11.0. The van der Waals surface area contributed by atoms with Crippen LogP contribution in [0.2, 0.25) is 0 Å². The lowest BCUT2D eigenvalue weighted by molar-refractivity contribution is -0.143. The molecule has 0 aliphatic carbocycles. The van der Waals surface area contributed by atoms with Crippen molar-refractivity contribution in [2.24, 2.45) is 0 Å². The number of amides is 1. The van der Waals surface area contributed by atoms with Gasteiger partial charge in [-0.3, -0.25) is 14.4 Å². The Morgan fingerprint density at radius 1 is 0.964 bits per heavy atom. The Kier molecular flexibility index (Phi) is 6.86. The first-order valence-electron chi connectivity index (χ1n) is 8.06. The number of rotatable bonds is 7. The van der Waals surface area contributed by atoms with E-state index in [2.05, 4.69) is 5.32 Å². The van der Waals surface area contributed by atoms with Crippen LogP contribution in [-0.2, 0) is 20.5 Å². The molecule has 28 heavy (non-hydrogen) atoms. The molecule has 0 saturated carbocycles. The first kappa shape index (κ1) is 21.1. The molecule has 0 radical (unpaired) electrons. The Labute approximate surface area is 157 Å². The Hall–Kier alpha value is -3.23. The summed E-state index contributed by atoms with van der Waals surface area (Å²) in [4.78, 5) is 35.2. The lowest BCUT2D eigenvalue weighted by atomic mass is 10.1. The zero-order chi connectivity index (χ0) is 20.7. The van der Waals surface area contributed by atoms with Crippen molar-refractivity contribution in [2.45, 2.75) is 19.0 Å². The summed E-state index contributed by atoms with van der Waals surface area (Å²) in [6.45, 7) is -0.570. The summed E-state index contributed by atoms with van der Waals surface area (Å²) in [5.41, 5.74) is -0.805. The number of ketones is 1. The molecule has 0 unspecified atom stereocenters. The Morgan fingerprint density at radius 3 is 2.29 bits per heavy atom. The van der Waals surface area contributed by atoms with Crippen LogP contribution in [-0.4, -0.2) is 24.3 Å². The second-order valence-electron chi connectivity index (χ2n) is 5.72. The van der Waals surface area contributed by atoms with Crippen molar-refractivity contribution in [3.63, 3.8) is 0 Å². The number of anilines is 1. The third kappa shape index (κ3) is 6.49. The molecule has 0 spiro atoms. The van der Waals surface area contributed by atoms with Gasteiger partial charge >= 0.3 is 12.1 Å². The van der Waals surface area contributed by atoms with Crippen molar-refractivity contribution >= 4 is 23.3 Å².